The van der Waals surface area contributed by atoms with Gasteiger partial charge in [0, 0.05) is 0 Å². The Kier molecular flexibility index (Phi) is 6.90. The molecule has 0 aliphatic carbocycles. The quantitative estimate of drug-likeness (QED) is 0.530. The number of rotatable bonds is 3. The van der Waals surface area contributed by atoms with E-state index >= 15 is 0 Å². The summed E-state index contributed by atoms with van der Waals surface area (Å²) in [7, 11) is 0. The van der Waals surface area contributed by atoms with Crippen LogP contribution in [0.15, 0.2) is 0 Å². The minimum Gasteiger partial charge on any atom is -0.376 e. The summed E-state index contributed by atoms with van der Waals surface area (Å²) in [4.78, 5) is 10.8. The van der Waals surface area contributed by atoms with E-state index in [1.807, 2.05) is 0 Å². The Morgan fingerprint density at radius 3 is 1.87 bits per heavy atom. The van der Waals surface area contributed by atoms with E-state index < -0.39 is 0 Å². The van der Waals surface area contributed by atoms with E-state index in [1.54, 1.807) is 0 Å². The Hall–Kier alpha value is -1.63. The van der Waals surface area contributed by atoms with Gasteiger partial charge in [-0.05, 0) is 0 Å². The fourth-order valence-electron chi connectivity index (χ4n) is 0.559. The van der Waals surface area contributed by atoms with Crippen molar-refractivity contribution in [1.29, 1.82) is 0 Å². The highest BCUT2D eigenvalue weighted by Gasteiger charge is 1.98. The van der Waals surface area contributed by atoms with Crippen LogP contribution in [0.1, 0.15) is 26.7 Å². The first-order valence-electron chi connectivity index (χ1n) is 4.75. The van der Waals surface area contributed by atoms with Crippen molar-refractivity contribution in [3.05, 3.63) is 0 Å². The fourth-order valence-corrected chi connectivity index (χ4v) is 0.559. The SMILES string of the molecule is CCCC.Nc1nc(N)nc(NCO)n1. The predicted octanol–water partition coefficient (Wildman–Crippen LogP) is 0.204. The van der Waals surface area contributed by atoms with Gasteiger partial charge in [-0.1, -0.05) is 26.7 Å². The molecule has 0 aliphatic heterocycles. The number of hydrogen-bond donors (Lipinski definition) is 4. The molecule has 0 aliphatic rings. The third kappa shape index (κ3) is 6.44. The molecule has 0 fully saturated rings. The lowest BCUT2D eigenvalue weighted by Gasteiger charge is -2.00. The Balaban J connectivity index is 0.000000423. The van der Waals surface area contributed by atoms with Crippen LogP contribution >= 0.6 is 0 Å². The number of aliphatic hydroxyl groups excluding tert-OH is 1. The first-order chi connectivity index (χ1) is 7.13. The molecule has 7 nitrogen and oxygen atoms in total. The average Bonchev–Trinajstić information content (AvgIpc) is 2.17. The predicted molar refractivity (Wildman–Crippen MR) is 59.9 cm³/mol. The summed E-state index contributed by atoms with van der Waals surface area (Å²) in [6, 6.07) is 0. The van der Waals surface area contributed by atoms with E-state index in [2.05, 4.69) is 34.1 Å². The minimum absolute atomic E-state index is 0.0217. The number of nitrogen functional groups attached to an aromatic ring is 2. The Morgan fingerprint density at radius 1 is 1.07 bits per heavy atom. The van der Waals surface area contributed by atoms with E-state index in [-0.39, 0.29) is 24.6 Å². The smallest absolute Gasteiger partial charge is 0.231 e. The van der Waals surface area contributed by atoms with Gasteiger partial charge in [0.05, 0.1) is 0 Å². The Labute approximate surface area is 88.9 Å². The lowest BCUT2D eigenvalue weighted by atomic mass is 10.4. The summed E-state index contributed by atoms with van der Waals surface area (Å²) in [5.74, 6) is 0.208. The standard InChI is InChI=1S/C4H8N6O.C4H10/c5-2-8-3(6)10-4(9-2)7-1-11;1-3-4-2/h11H,1H2,(H5,5,6,7,8,9,10);3-4H2,1-2H3. The number of hydrogen-bond acceptors (Lipinski definition) is 7. The van der Waals surface area contributed by atoms with Gasteiger partial charge < -0.3 is 21.9 Å². The summed E-state index contributed by atoms with van der Waals surface area (Å²) in [6.07, 6.45) is 2.64. The molecule has 1 rings (SSSR count). The lowest BCUT2D eigenvalue weighted by Crippen LogP contribution is -2.09. The Morgan fingerprint density at radius 2 is 1.53 bits per heavy atom. The molecule has 0 unspecified atom stereocenters. The van der Waals surface area contributed by atoms with Crippen LogP contribution in [0.25, 0.3) is 0 Å². The topological polar surface area (TPSA) is 123 Å². The van der Waals surface area contributed by atoms with Crippen LogP contribution in [-0.2, 0) is 0 Å². The second-order valence-corrected chi connectivity index (χ2v) is 2.71. The highest BCUT2D eigenvalue weighted by molar-refractivity contribution is 5.36. The van der Waals surface area contributed by atoms with E-state index in [0.29, 0.717) is 0 Å². The van der Waals surface area contributed by atoms with Gasteiger partial charge in [-0.2, -0.15) is 15.0 Å². The first kappa shape index (κ1) is 13.4. The van der Waals surface area contributed by atoms with Gasteiger partial charge in [-0.15, -0.1) is 0 Å². The zero-order chi connectivity index (χ0) is 11.7. The van der Waals surface area contributed by atoms with Crippen molar-refractivity contribution in [1.82, 2.24) is 15.0 Å². The highest BCUT2D eigenvalue weighted by Crippen LogP contribution is 2.01. The first-order valence-corrected chi connectivity index (χ1v) is 4.75. The zero-order valence-electron chi connectivity index (χ0n) is 9.06. The third-order valence-electron chi connectivity index (χ3n) is 1.41. The summed E-state index contributed by atoms with van der Waals surface area (Å²) in [5.41, 5.74) is 10.5. The van der Waals surface area contributed by atoms with Gasteiger partial charge in [0.1, 0.15) is 6.73 Å². The van der Waals surface area contributed by atoms with Crippen molar-refractivity contribution < 1.29 is 5.11 Å². The normalized spacial score (nSPS) is 9.00. The van der Waals surface area contributed by atoms with Crippen molar-refractivity contribution >= 4 is 17.8 Å². The fraction of sp³-hybridized carbons (Fsp3) is 0.625. The summed E-state index contributed by atoms with van der Waals surface area (Å²) in [5, 5.41) is 10.8. The maximum atomic E-state index is 8.41. The van der Waals surface area contributed by atoms with Crippen LogP contribution in [0.2, 0.25) is 0 Å². The van der Waals surface area contributed by atoms with E-state index in [0.717, 1.165) is 0 Å². The molecule has 6 N–H and O–H groups in total. The zero-order valence-corrected chi connectivity index (χ0v) is 9.06. The van der Waals surface area contributed by atoms with Gasteiger partial charge in [0.15, 0.2) is 0 Å². The third-order valence-corrected chi connectivity index (χ3v) is 1.41. The number of nitrogens with two attached hydrogens (primary N) is 2. The summed E-state index contributed by atoms with van der Waals surface area (Å²) >= 11 is 0. The molecule has 0 bridgehead atoms. The summed E-state index contributed by atoms with van der Waals surface area (Å²) in [6.45, 7) is 4.09. The molecule has 15 heavy (non-hydrogen) atoms. The molecule has 0 spiro atoms. The van der Waals surface area contributed by atoms with Crippen LogP contribution in [-0.4, -0.2) is 26.8 Å². The number of aliphatic hydroxyl groups is 1. The lowest BCUT2D eigenvalue weighted by molar-refractivity contribution is 0.324. The van der Waals surface area contributed by atoms with E-state index in [4.69, 9.17) is 16.6 Å². The number of anilines is 3. The van der Waals surface area contributed by atoms with Crippen molar-refractivity contribution in [3.8, 4) is 0 Å². The molecule has 1 aromatic rings. The molecule has 1 aromatic heterocycles. The molecular weight excluding hydrogens is 196 g/mol. The Bertz CT molecular complexity index is 258. The minimum atomic E-state index is -0.275. The van der Waals surface area contributed by atoms with E-state index in [1.165, 1.54) is 12.8 Å². The van der Waals surface area contributed by atoms with Crippen molar-refractivity contribution in [3.63, 3.8) is 0 Å². The molecule has 0 radical (unpaired) electrons. The van der Waals surface area contributed by atoms with Gasteiger partial charge in [0.25, 0.3) is 0 Å². The molecule has 7 heteroatoms. The van der Waals surface area contributed by atoms with Crippen molar-refractivity contribution in [2.45, 2.75) is 26.7 Å². The number of aromatic nitrogens is 3. The van der Waals surface area contributed by atoms with Crippen LogP contribution < -0.4 is 16.8 Å². The number of nitrogens with one attached hydrogen (secondary N) is 1. The maximum absolute atomic E-state index is 8.41. The molecule has 0 aromatic carbocycles. The largest absolute Gasteiger partial charge is 0.376 e. The van der Waals surface area contributed by atoms with Crippen LogP contribution in [0, 0.1) is 0 Å². The number of unbranched alkanes of at least 4 members (excludes halogenated alkanes) is 1. The molecule has 86 valence electrons. The van der Waals surface area contributed by atoms with Gasteiger partial charge in [0.2, 0.25) is 17.8 Å². The van der Waals surface area contributed by atoms with Gasteiger partial charge in [-0.3, -0.25) is 0 Å². The van der Waals surface area contributed by atoms with Gasteiger partial charge in [-0.25, -0.2) is 0 Å². The van der Waals surface area contributed by atoms with Crippen LogP contribution in [0.3, 0.4) is 0 Å². The molecule has 0 atom stereocenters. The van der Waals surface area contributed by atoms with E-state index in [9.17, 15) is 0 Å². The molecule has 0 saturated carbocycles. The van der Waals surface area contributed by atoms with Crippen molar-refractivity contribution in [2.24, 2.45) is 0 Å². The monoisotopic (exact) mass is 214 g/mol. The van der Waals surface area contributed by atoms with Crippen LogP contribution in [0.5, 0.6) is 0 Å². The summed E-state index contributed by atoms with van der Waals surface area (Å²) < 4.78 is 0. The van der Waals surface area contributed by atoms with Crippen LogP contribution in [0.4, 0.5) is 17.8 Å². The molecule has 1 heterocycles. The molecule has 0 saturated heterocycles. The highest BCUT2D eigenvalue weighted by atomic mass is 16.3. The molecule has 0 amide bonds. The second kappa shape index (κ2) is 7.74. The molecular formula is C8H18N6O. The van der Waals surface area contributed by atoms with Gasteiger partial charge >= 0.3 is 0 Å². The maximum Gasteiger partial charge on any atom is 0.231 e. The second-order valence-electron chi connectivity index (χ2n) is 2.71. The van der Waals surface area contributed by atoms with Crippen molar-refractivity contribution in [2.75, 3.05) is 23.5 Å². The average molecular weight is 214 g/mol. The number of nitrogens with zero attached hydrogens (tertiary/aromatic N) is 3.